The molecule has 12 heteroatoms. The zero-order valence-corrected chi connectivity index (χ0v) is 17.3. The molecule has 0 aromatic rings. The topological polar surface area (TPSA) is 214 Å². The van der Waals surface area contributed by atoms with Gasteiger partial charge in [0, 0.05) is 6.42 Å². The van der Waals surface area contributed by atoms with E-state index in [1.807, 2.05) is 0 Å². The number of aliphatic carboxylic acids is 2. The van der Waals surface area contributed by atoms with Crippen LogP contribution in [-0.2, 0) is 24.0 Å². The van der Waals surface area contributed by atoms with E-state index in [9.17, 15) is 29.1 Å². The first-order chi connectivity index (χ1) is 14.0. The lowest BCUT2D eigenvalue weighted by molar-refractivity contribution is -0.143. The maximum Gasteiger partial charge on any atom is 0.326 e. The number of hydrogen-bond donors (Lipinski definition) is 7. The SMILES string of the molecule is CC(C)C(NC(=O)CN)C(=O)NC(CCCCN)C(=O)NC(CCC(=O)O)C(=O)O. The summed E-state index contributed by atoms with van der Waals surface area (Å²) in [7, 11) is 0. The average molecular weight is 431 g/mol. The van der Waals surface area contributed by atoms with Crippen molar-refractivity contribution in [1.29, 1.82) is 0 Å². The summed E-state index contributed by atoms with van der Waals surface area (Å²) in [6.45, 7) is 3.48. The highest BCUT2D eigenvalue weighted by molar-refractivity contribution is 5.93. The number of rotatable bonds is 15. The van der Waals surface area contributed by atoms with Gasteiger partial charge in [0.15, 0.2) is 0 Å². The highest BCUT2D eigenvalue weighted by atomic mass is 16.4. The molecule has 0 aliphatic rings. The summed E-state index contributed by atoms with van der Waals surface area (Å²) in [6, 6.07) is -3.43. The molecule has 0 saturated heterocycles. The van der Waals surface area contributed by atoms with Crippen LogP contribution in [0.1, 0.15) is 46.0 Å². The van der Waals surface area contributed by atoms with E-state index < -0.39 is 54.2 Å². The highest BCUT2D eigenvalue weighted by Gasteiger charge is 2.30. The van der Waals surface area contributed by atoms with Crippen LogP contribution in [0.4, 0.5) is 0 Å². The van der Waals surface area contributed by atoms with Gasteiger partial charge in [0.1, 0.15) is 18.1 Å². The Labute approximate surface area is 175 Å². The molecule has 0 aromatic heterocycles. The number of carbonyl (C=O) groups excluding carboxylic acids is 3. The molecule has 0 aromatic carbocycles. The Morgan fingerprint density at radius 1 is 0.833 bits per heavy atom. The van der Waals surface area contributed by atoms with Gasteiger partial charge in [0.25, 0.3) is 0 Å². The average Bonchev–Trinajstić information content (AvgIpc) is 2.67. The maximum absolute atomic E-state index is 12.7. The summed E-state index contributed by atoms with van der Waals surface area (Å²) in [5.41, 5.74) is 10.7. The largest absolute Gasteiger partial charge is 0.481 e. The molecular weight excluding hydrogens is 398 g/mol. The van der Waals surface area contributed by atoms with Crippen molar-refractivity contribution in [3.8, 4) is 0 Å². The molecule has 0 spiro atoms. The second kappa shape index (κ2) is 14.3. The van der Waals surface area contributed by atoms with E-state index >= 15 is 0 Å². The van der Waals surface area contributed by atoms with Gasteiger partial charge in [-0.15, -0.1) is 0 Å². The van der Waals surface area contributed by atoms with Gasteiger partial charge in [0.05, 0.1) is 6.54 Å². The predicted octanol–water partition coefficient (Wildman–Crippen LogP) is -1.87. The minimum atomic E-state index is -1.42. The van der Waals surface area contributed by atoms with Gasteiger partial charge in [-0.2, -0.15) is 0 Å². The van der Waals surface area contributed by atoms with Gasteiger partial charge in [-0.3, -0.25) is 19.2 Å². The van der Waals surface area contributed by atoms with E-state index in [0.717, 1.165) is 0 Å². The minimum absolute atomic E-state index is 0.190. The van der Waals surface area contributed by atoms with E-state index in [0.29, 0.717) is 19.4 Å². The first-order valence-corrected chi connectivity index (χ1v) is 9.78. The Balaban J connectivity index is 5.32. The molecule has 0 bridgehead atoms. The van der Waals surface area contributed by atoms with Crippen molar-refractivity contribution < 1.29 is 34.2 Å². The van der Waals surface area contributed by atoms with E-state index in [4.69, 9.17) is 16.6 Å². The summed E-state index contributed by atoms with van der Waals surface area (Å²) in [5.74, 6) is -4.78. The fourth-order valence-electron chi connectivity index (χ4n) is 2.59. The lowest BCUT2D eigenvalue weighted by Gasteiger charge is -2.26. The van der Waals surface area contributed by atoms with Crippen LogP contribution in [0.5, 0.6) is 0 Å². The maximum atomic E-state index is 12.7. The van der Waals surface area contributed by atoms with Crippen LogP contribution in [0.15, 0.2) is 0 Å². The molecule has 0 heterocycles. The van der Waals surface area contributed by atoms with Gasteiger partial charge in [-0.05, 0) is 38.1 Å². The van der Waals surface area contributed by atoms with Gasteiger partial charge < -0.3 is 37.6 Å². The summed E-state index contributed by atoms with van der Waals surface area (Å²) in [4.78, 5) is 58.9. The first kappa shape index (κ1) is 27.3. The van der Waals surface area contributed by atoms with E-state index in [1.165, 1.54) is 0 Å². The standard InChI is InChI=1S/C18H33N5O7/c1-10(2)15(23-13(24)9-20)17(28)21-11(5-3-4-8-19)16(27)22-12(18(29)30)6-7-14(25)26/h10-12,15H,3-9,19-20H2,1-2H3,(H,21,28)(H,22,27)(H,23,24)(H,25,26)(H,29,30). The Morgan fingerprint density at radius 3 is 1.90 bits per heavy atom. The monoisotopic (exact) mass is 431 g/mol. The molecule has 9 N–H and O–H groups in total. The predicted molar refractivity (Wildman–Crippen MR) is 107 cm³/mol. The first-order valence-electron chi connectivity index (χ1n) is 9.78. The second-order valence-electron chi connectivity index (χ2n) is 7.17. The van der Waals surface area contributed by atoms with Gasteiger partial charge in [-0.25, -0.2) is 4.79 Å². The zero-order chi connectivity index (χ0) is 23.3. The molecule has 3 amide bonds. The van der Waals surface area contributed by atoms with Gasteiger partial charge in [0.2, 0.25) is 17.7 Å². The van der Waals surface area contributed by atoms with E-state index in [1.54, 1.807) is 13.8 Å². The molecule has 3 atom stereocenters. The van der Waals surface area contributed by atoms with Gasteiger partial charge >= 0.3 is 11.9 Å². The molecule has 172 valence electrons. The fraction of sp³-hybridized carbons (Fsp3) is 0.722. The molecule has 0 saturated carbocycles. The Kier molecular flexibility index (Phi) is 13.0. The third-order valence-corrected chi connectivity index (χ3v) is 4.29. The van der Waals surface area contributed by atoms with Crippen LogP contribution in [0.3, 0.4) is 0 Å². The summed E-state index contributed by atoms with van der Waals surface area (Å²) in [5, 5.41) is 25.3. The van der Waals surface area contributed by atoms with E-state index in [-0.39, 0.29) is 25.3 Å². The molecule has 0 radical (unpaired) electrons. The van der Waals surface area contributed by atoms with Crippen LogP contribution >= 0.6 is 0 Å². The van der Waals surface area contributed by atoms with Crippen molar-refractivity contribution in [2.24, 2.45) is 17.4 Å². The van der Waals surface area contributed by atoms with Gasteiger partial charge in [-0.1, -0.05) is 13.8 Å². The molecule has 3 unspecified atom stereocenters. The zero-order valence-electron chi connectivity index (χ0n) is 17.3. The van der Waals surface area contributed by atoms with Crippen LogP contribution in [0.25, 0.3) is 0 Å². The number of nitrogens with one attached hydrogen (secondary N) is 3. The molecule has 0 aliphatic carbocycles. The minimum Gasteiger partial charge on any atom is -0.481 e. The molecule has 0 rings (SSSR count). The van der Waals surface area contributed by atoms with Crippen LogP contribution in [0.2, 0.25) is 0 Å². The van der Waals surface area contributed by atoms with E-state index in [2.05, 4.69) is 16.0 Å². The molecule has 0 aliphatic heterocycles. The van der Waals surface area contributed by atoms with Crippen LogP contribution in [0, 0.1) is 5.92 Å². The van der Waals surface area contributed by atoms with Crippen molar-refractivity contribution >= 4 is 29.7 Å². The molecular formula is C18H33N5O7. The summed E-state index contributed by atoms with van der Waals surface area (Å²) >= 11 is 0. The lowest BCUT2D eigenvalue weighted by atomic mass is 10.0. The fourth-order valence-corrected chi connectivity index (χ4v) is 2.59. The lowest BCUT2D eigenvalue weighted by Crippen LogP contribution is -2.57. The van der Waals surface area contributed by atoms with Crippen molar-refractivity contribution in [1.82, 2.24) is 16.0 Å². The Morgan fingerprint density at radius 2 is 1.43 bits per heavy atom. The third kappa shape index (κ3) is 10.7. The quantitative estimate of drug-likeness (QED) is 0.144. The Hall–Kier alpha value is -2.73. The molecule has 0 fully saturated rings. The summed E-state index contributed by atoms with van der Waals surface area (Å²) in [6.07, 6.45) is 0.514. The number of unbranched alkanes of at least 4 members (excludes halogenated alkanes) is 1. The number of amides is 3. The number of carboxylic acids is 2. The van der Waals surface area contributed by atoms with Crippen molar-refractivity contribution in [2.45, 2.75) is 64.1 Å². The molecule has 30 heavy (non-hydrogen) atoms. The number of nitrogens with two attached hydrogens (primary N) is 2. The summed E-state index contributed by atoms with van der Waals surface area (Å²) < 4.78 is 0. The third-order valence-electron chi connectivity index (χ3n) is 4.29. The van der Waals surface area contributed by atoms with Crippen molar-refractivity contribution in [3.63, 3.8) is 0 Å². The number of carbonyl (C=O) groups is 5. The molecule has 12 nitrogen and oxygen atoms in total. The smallest absolute Gasteiger partial charge is 0.326 e. The van der Waals surface area contributed by atoms with Crippen LogP contribution in [-0.4, -0.2) is 71.1 Å². The number of carboxylic acid groups (broad SMARTS) is 2. The normalized spacial score (nSPS) is 13.8. The highest BCUT2D eigenvalue weighted by Crippen LogP contribution is 2.07. The van der Waals surface area contributed by atoms with Crippen molar-refractivity contribution in [3.05, 3.63) is 0 Å². The van der Waals surface area contributed by atoms with Crippen LogP contribution < -0.4 is 27.4 Å². The second-order valence-corrected chi connectivity index (χ2v) is 7.17. The van der Waals surface area contributed by atoms with Crippen molar-refractivity contribution in [2.75, 3.05) is 13.1 Å². The Bertz CT molecular complexity index is 612. The number of hydrogen-bond acceptors (Lipinski definition) is 7.